The standard InChI is InChI=1S/C18H26N6O2/c1-3-19-18(20-9-8-17-21-14(2)22-26-17)24-12-10-23(11-13-24)15-6-4-5-7-16(15)25/h4-7,25H,3,8-13H2,1-2H3,(H,19,20). The van der Waals surface area contributed by atoms with E-state index in [1.165, 1.54) is 0 Å². The molecule has 0 saturated carbocycles. The van der Waals surface area contributed by atoms with Crippen molar-refractivity contribution in [2.75, 3.05) is 44.2 Å². The monoisotopic (exact) mass is 358 g/mol. The molecule has 1 aliphatic rings. The number of hydrogen-bond acceptors (Lipinski definition) is 6. The van der Waals surface area contributed by atoms with Crippen molar-refractivity contribution in [1.29, 1.82) is 0 Å². The number of hydrogen-bond donors (Lipinski definition) is 2. The Balaban J connectivity index is 1.57. The number of aryl methyl sites for hydroxylation is 1. The fourth-order valence-corrected chi connectivity index (χ4v) is 3.02. The highest BCUT2D eigenvalue weighted by molar-refractivity contribution is 5.80. The molecule has 3 rings (SSSR count). The first-order chi connectivity index (χ1) is 12.7. The summed E-state index contributed by atoms with van der Waals surface area (Å²) in [6.45, 7) is 8.66. The molecule has 0 bridgehead atoms. The minimum atomic E-state index is 0.330. The predicted octanol–water partition coefficient (Wildman–Crippen LogP) is 1.41. The van der Waals surface area contributed by atoms with Crippen LogP contribution in [0.15, 0.2) is 33.8 Å². The molecular weight excluding hydrogens is 332 g/mol. The predicted molar refractivity (Wildman–Crippen MR) is 101 cm³/mol. The van der Waals surface area contributed by atoms with Crippen LogP contribution in [0.3, 0.4) is 0 Å². The van der Waals surface area contributed by atoms with E-state index >= 15 is 0 Å². The Labute approximate surface area is 153 Å². The Kier molecular flexibility index (Phi) is 5.93. The van der Waals surface area contributed by atoms with Gasteiger partial charge in [-0.3, -0.25) is 4.99 Å². The van der Waals surface area contributed by atoms with Gasteiger partial charge in [0.05, 0.1) is 12.2 Å². The average Bonchev–Trinajstić information content (AvgIpc) is 3.07. The van der Waals surface area contributed by atoms with Crippen LogP contribution in [-0.2, 0) is 6.42 Å². The molecule has 0 unspecified atom stereocenters. The number of piperazine rings is 1. The van der Waals surface area contributed by atoms with Gasteiger partial charge in [0.15, 0.2) is 11.8 Å². The Morgan fingerprint density at radius 3 is 2.69 bits per heavy atom. The molecule has 0 radical (unpaired) electrons. The first-order valence-electron chi connectivity index (χ1n) is 9.02. The molecule has 1 fully saturated rings. The topological polar surface area (TPSA) is 90.0 Å². The molecule has 8 heteroatoms. The summed E-state index contributed by atoms with van der Waals surface area (Å²) in [6, 6.07) is 7.48. The number of anilines is 1. The number of nitrogens with one attached hydrogen (secondary N) is 1. The van der Waals surface area contributed by atoms with E-state index in [1.54, 1.807) is 6.07 Å². The van der Waals surface area contributed by atoms with Gasteiger partial charge in [-0.05, 0) is 26.0 Å². The van der Waals surface area contributed by atoms with Crippen LogP contribution in [-0.4, -0.2) is 65.4 Å². The van der Waals surface area contributed by atoms with E-state index in [4.69, 9.17) is 9.52 Å². The van der Waals surface area contributed by atoms with Crippen molar-refractivity contribution < 1.29 is 9.63 Å². The third kappa shape index (κ3) is 4.44. The summed E-state index contributed by atoms with van der Waals surface area (Å²) in [5.74, 6) is 2.50. The Morgan fingerprint density at radius 1 is 1.27 bits per heavy atom. The van der Waals surface area contributed by atoms with Crippen molar-refractivity contribution in [3.05, 3.63) is 36.0 Å². The van der Waals surface area contributed by atoms with Crippen LogP contribution in [0.5, 0.6) is 5.75 Å². The Morgan fingerprint density at radius 2 is 2.04 bits per heavy atom. The Bertz CT molecular complexity index is 737. The summed E-state index contributed by atoms with van der Waals surface area (Å²) in [4.78, 5) is 13.4. The zero-order chi connectivity index (χ0) is 18.4. The summed E-state index contributed by atoms with van der Waals surface area (Å²) in [5.41, 5.74) is 0.890. The maximum atomic E-state index is 10.0. The van der Waals surface area contributed by atoms with E-state index in [1.807, 2.05) is 25.1 Å². The SMILES string of the molecule is CCNC(=NCCc1nc(C)no1)N1CCN(c2ccccc2O)CC1. The van der Waals surface area contributed by atoms with Gasteiger partial charge in [0, 0.05) is 39.1 Å². The zero-order valence-corrected chi connectivity index (χ0v) is 15.4. The highest BCUT2D eigenvalue weighted by Gasteiger charge is 2.21. The summed E-state index contributed by atoms with van der Waals surface area (Å²) in [7, 11) is 0. The van der Waals surface area contributed by atoms with E-state index in [0.29, 0.717) is 30.4 Å². The number of aliphatic imine (C=N–C) groups is 1. The molecule has 2 aromatic rings. The van der Waals surface area contributed by atoms with Crippen LogP contribution in [0.25, 0.3) is 0 Å². The highest BCUT2D eigenvalue weighted by Crippen LogP contribution is 2.27. The molecule has 1 aliphatic heterocycles. The summed E-state index contributed by atoms with van der Waals surface area (Å²) in [5, 5.41) is 17.2. The first kappa shape index (κ1) is 18.0. The van der Waals surface area contributed by atoms with Gasteiger partial charge in [-0.25, -0.2) is 0 Å². The number of para-hydroxylation sites is 2. The van der Waals surface area contributed by atoms with Gasteiger partial charge in [0.25, 0.3) is 0 Å². The van der Waals surface area contributed by atoms with Gasteiger partial charge in [-0.2, -0.15) is 4.98 Å². The number of phenolic OH excluding ortho intramolecular Hbond substituents is 1. The van der Waals surface area contributed by atoms with Gasteiger partial charge in [-0.1, -0.05) is 17.3 Å². The number of benzene rings is 1. The normalized spacial score (nSPS) is 15.4. The number of rotatable bonds is 5. The van der Waals surface area contributed by atoms with E-state index in [9.17, 15) is 5.11 Å². The number of guanidine groups is 1. The van der Waals surface area contributed by atoms with Crippen LogP contribution in [0.4, 0.5) is 5.69 Å². The lowest BCUT2D eigenvalue weighted by molar-refractivity contribution is 0.366. The van der Waals surface area contributed by atoms with Crippen molar-refractivity contribution in [1.82, 2.24) is 20.4 Å². The molecule has 0 aliphatic carbocycles. The molecule has 2 heterocycles. The molecule has 8 nitrogen and oxygen atoms in total. The van der Waals surface area contributed by atoms with Gasteiger partial charge < -0.3 is 24.7 Å². The maximum absolute atomic E-state index is 10.0. The van der Waals surface area contributed by atoms with Gasteiger partial charge >= 0.3 is 0 Å². The molecule has 1 aromatic heterocycles. The third-order valence-electron chi connectivity index (χ3n) is 4.29. The van der Waals surface area contributed by atoms with Crippen LogP contribution >= 0.6 is 0 Å². The van der Waals surface area contributed by atoms with Crippen molar-refractivity contribution in [3.8, 4) is 5.75 Å². The van der Waals surface area contributed by atoms with Crippen molar-refractivity contribution in [2.45, 2.75) is 20.3 Å². The molecule has 0 atom stereocenters. The minimum Gasteiger partial charge on any atom is -0.506 e. The molecule has 26 heavy (non-hydrogen) atoms. The molecule has 140 valence electrons. The van der Waals surface area contributed by atoms with Crippen LogP contribution in [0.1, 0.15) is 18.6 Å². The van der Waals surface area contributed by atoms with Crippen molar-refractivity contribution in [3.63, 3.8) is 0 Å². The molecule has 1 aromatic carbocycles. The third-order valence-corrected chi connectivity index (χ3v) is 4.29. The molecule has 1 saturated heterocycles. The zero-order valence-electron chi connectivity index (χ0n) is 15.4. The van der Waals surface area contributed by atoms with Gasteiger partial charge in [-0.15, -0.1) is 0 Å². The smallest absolute Gasteiger partial charge is 0.228 e. The van der Waals surface area contributed by atoms with E-state index in [2.05, 4.69) is 32.2 Å². The lowest BCUT2D eigenvalue weighted by atomic mass is 10.2. The number of phenols is 1. The summed E-state index contributed by atoms with van der Waals surface area (Å²) < 4.78 is 5.13. The second-order valence-electron chi connectivity index (χ2n) is 6.18. The van der Waals surface area contributed by atoms with Gasteiger partial charge in [0.2, 0.25) is 5.89 Å². The van der Waals surface area contributed by atoms with Crippen LogP contribution in [0.2, 0.25) is 0 Å². The van der Waals surface area contributed by atoms with Crippen molar-refractivity contribution >= 4 is 11.6 Å². The highest BCUT2D eigenvalue weighted by atomic mass is 16.5. The van der Waals surface area contributed by atoms with Gasteiger partial charge in [0.1, 0.15) is 5.75 Å². The number of aromatic nitrogens is 2. The molecule has 0 spiro atoms. The lowest BCUT2D eigenvalue weighted by Gasteiger charge is -2.37. The largest absolute Gasteiger partial charge is 0.506 e. The van der Waals surface area contributed by atoms with E-state index in [0.717, 1.165) is 44.4 Å². The average molecular weight is 358 g/mol. The number of nitrogens with zero attached hydrogens (tertiary/aromatic N) is 5. The van der Waals surface area contributed by atoms with Crippen molar-refractivity contribution in [2.24, 2.45) is 4.99 Å². The summed E-state index contributed by atoms with van der Waals surface area (Å²) in [6.07, 6.45) is 0.633. The number of aromatic hydroxyl groups is 1. The molecule has 0 amide bonds. The summed E-state index contributed by atoms with van der Waals surface area (Å²) >= 11 is 0. The molecular formula is C18H26N6O2. The quantitative estimate of drug-likeness (QED) is 0.617. The maximum Gasteiger partial charge on any atom is 0.228 e. The fraction of sp³-hybridized carbons (Fsp3) is 0.500. The first-order valence-corrected chi connectivity index (χ1v) is 9.02. The van der Waals surface area contributed by atoms with Crippen LogP contribution in [0, 0.1) is 6.92 Å². The lowest BCUT2D eigenvalue weighted by Crippen LogP contribution is -2.52. The minimum absolute atomic E-state index is 0.330. The Hall–Kier alpha value is -2.77. The molecule has 2 N–H and O–H groups in total. The van der Waals surface area contributed by atoms with E-state index in [-0.39, 0.29) is 0 Å². The second kappa shape index (κ2) is 8.55. The van der Waals surface area contributed by atoms with Crippen LogP contribution < -0.4 is 10.2 Å². The fourth-order valence-electron chi connectivity index (χ4n) is 3.02. The van der Waals surface area contributed by atoms with E-state index < -0.39 is 0 Å². The second-order valence-corrected chi connectivity index (χ2v) is 6.18.